The highest BCUT2D eigenvalue weighted by molar-refractivity contribution is 5.61. The van der Waals surface area contributed by atoms with Crippen LogP contribution >= 0.6 is 0 Å². The molecule has 0 aliphatic carbocycles. The first-order chi connectivity index (χ1) is 13.3. The van der Waals surface area contributed by atoms with Crippen molar-refractivity contribution in [2.24, 2.45) is 0 Å². The van der Waals surface area contributed by atoms with E-state index in [1.807, 2.05) is 48.5 Å². The summed E-state index contributed by atoms with van der Waals surface area (Å²) in [6.07, 6.45) is 0. The molecule has 0 radical (unpaired) electrons. The van der Waals surface area contributed by atoms with Crippen LogP contribution in [-0.4, -0.2) is 41.1 Å². The van der Waals surface area contributed by atoms with E-state index >= 15 is 0 Å². The number of piperazine rings is 1. The highest BCUT2D eigenvalue weighted by Crippen LogP contribution is 2.22. The van der Waals surface area contributed by atoms with Crippen molar-refractivity contribution in [3.05, 3.63) is 60.2 Å². The van der Waals surface area contributed by atoms with Gasteiger partial charge in [0.05, 0.1) is 0 Å². The Bertz CT molecular complexity index is 892. The number of hydrogen-bond acceptors (Lipinski definition) is 7. The second kappa shape index (κ2) is 8.01. The van der Waals surface area contributed by atoms with E-state index in [0.29, 0.717) is 17.8 Å². The third-order valence-electron chi connectivity index (χ3n) is 4.44. The predicted molar refractivity (Wildman–Crippen MR) is 109 cm³/mol. The minimum Gasteiger partial charge on any atom is -0.338 e. The zero-order chi connectivity index (χ0) is 18.5. The van der Waals surface area contributed by atoms with E-state index in [4.69, 9.17) is 0 Å². The van der Waals surface area contributed by atoms with Crippen molar-refractivity contribution in [2.45, 2.75) is 6.92 Å². The van der Waals surface area contributed by atoms with Crippen LogP contribution in [0, 0.1) is 6.92 Å². The highest BCUT2D eigenvalue weighted by atomic mass is 15.3. The van der Waals surface area contributed by atoms with E-state index in [9.17, 15) is 0 Å². The average Bonchev–Trinajstić information content (AvgIpc) is 2.71. The van der Waals surface area contributed by atoms with Crippen molar-refractivity contribution in [2.75, 3.05) is 41.7 Å². The Morgan fingerprint density at radius 1 is 0.815 bits per heavy atom. The molecule has 7 heteroatoms. The number of nitrogens with zero attached hydrogens (tertiary/aromatic N) is 4. The molecule has 0 unspecified atom stereocenters. The van der Waals surface area contributed by atoms with Crippen molar-refractivity contribution in [1.82, 2.24) is 20.3 Å². The minimum absolute atomic E-state index is 0.529. The normalized spacial score (nSPS) is 14.0. The van der Waals surface area contributed by atoms with Gasteiger partial charge in [-0.05, 0) is 30.7 Å². The third kappa shape index (κ3) is 4.32. The van der Waals surface area contributed by atoms with Gasteiger partial charge in [-0.3, -0.25) is 0 Å². The fourth-order valence-electron chi connectivity index (χ4n) is 2.97. The number of aromatic nitrogens is 3. The molecular weight excluding hydrogens is 338 g/mol. The highest BCUT2D eigenvalue weighted by Gasteiger charge is 2.16. The van der Waals surface area contributed by atoms with Gasteiger partial charge in [0.2, 0.25) is 17.8 Å². The molecule has 4 rings (SSSR count). The molecule has 1 fully saturated rings. The van der Waals surface area contributed by atoms with Gasteiger partial charge in [-0.1, -0.05) is 36.4 Å². The molecule has 3 aromatic rings. The second-order valence-corrected chi connectivity index (χ2v) is 6.45. The number of benzene rings is 2. The molecule has 1 saturated heterocycles. The molecule has 2 aromatic carbocycles. The predicted octanol–water partition coefficient (Wildman–Crippen LogP) is 3.08. The molecule has 138 valence electrons. The first kappa shape index (κ1) is 17.2. The van der Waals surface area contributed by atoms with Crippen molar-refractivity contribution in [3.8, 4) is 0 Å². The van der Waals surface area contributed by atoms with Crippen LogP contribution in [0.1, 0.15) is 5.56 Å². The average molecular weight is 361 g/mol. The summed E-state index contributed by atoms with van der Waals surface area (Å²) in [5.41, 5.74) is 3.07. The Kier molecular flexibility index (Phi) is 5.11. The van der Waals surface area contributed by atoms with E-state index < -0.39 is 0 Å². The van der Waals surface area contributed by atoms with E-state index in [2.05, 4.69) is 48.8 Å². The van der Waals surface area contributed by atoms with Gasteiger partial charge < -0.3 is 20.9 Å². The van der Waals surface area contributed by atoms with Crippen LogP contribution in [0.5, 0.6) is 0 Å². The van der Waals surface area contributed by atoms with E-state index in [1.165, 1.54) is 0 Å². The molecular formula is C20H23N7. The summed E-state index contributed by atoms with van der Waals surface area (Å²) in [5.74, 6) is 1.74. The Balaban J connectivity index is 1.66. The van der Waals surface area contributed by atoms with Crippen LogP contribution in [0.4, 0.5) is 29.2 Å². The quantitative estimate of drug-likeness (QED) is 0.644. The maximum Gasteiger partial charge on any atom is 0.233 e. The fraction of sp³-hybridized carbons (Fsp3) is 0.250. The molecule has 2 heterocycles. The number of anilines is 5. The number of para-hydroxylation sites is 2. The molecule has 0 saturated carbocycles. The molecule has 27 heavy (non-hydrogen) atoms. The van der Waals surface area contributed by atoms with Crippen LogP contribution in [-0.2, 0) is 0 Å². The first-order valence-electron chi connectivity index (χ1n) is 9.14. The van der Waals surface area contributed by atoms with Crippen LogP contribution in [0.2, 0.25) is 0 Å². The van der Waals surface area contributed by atoms with Gasteiger partial charge in [-0.2, -0.15) is 15.0 Å². The van der Waals surface area contributed by atoms with Gasteiger partial charge in [0.1, 0.15) is 0 Å². The van der Waals surface area contributed by atoms with Crippen molar-refractivity contribution >= 4 is 29.2 Å². The molecule has 0 atom stereocenters. The van der Waals surface area contributed by atoms with Gasteiger partial charge in [0.15, 0.2) is 0 Å². The topological polar surface area (TPSA) is 78.0 Å². The largest absolute Gasteiger partial charge is 0.338 e. The van der Waals surface area contributed by atoms with Gasteiger partial charge in [-0.15, -0.1) is 0 Å². The Morgan fingerprint density at radius 3 is 2.22 bits per heavy atom. The molecule has 7 nitrogen and oxygen atoms in total. The first-order valence-corrected chi connectivity index (χ1v) is 9.14. The Labute approximate surface area is 158 Å². The summed E-state index contributed by atoms with van der Waals surface area (Å²) >= 11 is 0. The molecule has 1 aliphatic rings. The van der Waals surface area contributed by atoms with Gasteiger partial charge in [0, 0.05) is 37.6 Å². The number of nitrogens with one attached hydrogen (secondary N) is 3. The lowest BCUT2D eigenvalue weighted by Crippen LogP contribution is -2.44. The summed E-state index contributed by atoms with van der Waals surface area (Å²) in [5, 5.41) is 9.97. The van der Waals surface area contributed by atoms with Gasteiger partial charge >= 0.3 is 0 Å². The van der Waals surface area contributed by atoms with E-state index in [-0.39, 0.29) is 0 Å². The maximum absolute atomic E-state index is 4.66. The van der Waals surface area contributed by atoms with Crippen LogP contribution in [0.25, 0.3) is 0 Å². The van der Waals surface area contributed by atoms with Gasteiger partial charge in [-0.25, -0.2) is 0 Å². The number of rotatable bonds is 5. The Hall–Kier alpha value is -3.19. The lowest BCUT2D eigenvalue weighted by atomic mass is 10.2. The summed E-state index contributed by atoms with van der Waals surface area (Å²) in [6.45, 7) is 5.66. The summed E-state index contributed by atoms with van der Waals surface area (Å²) in [4.78, 5) is 16.1. The lowest BCUT2D eigenvalue weighted by molar-refractivity contribution is 0.579. The smallest absolute Gasteiger partial charge is 0.233 e. The molecule has 3 N–H and O–H groups in total. The van der Waals surface area contributed by atoms with Crippen LogP contribution in [0.3, 0.4) is 0 Å². The molecule has 1 aliphatic heterocycles. The van der Waals surface area contributed by atoms with Crippen molar-refractivity contribution in [3.63, 3.8) is 0 Å². The standard InChI is InChI=1S/C20H23N7/c1-15-7-5-6-10-17(15)23-19-24-18(22-16-8-3-2-4-9-16)25-20(26-19)27-13-11-21-12-14-27/h2-10,21H,11-14H2,1H3,(H2,22,23,24,25,26). The third-order valence-corrected chi connectivity index (χ3v) is 4.44. The zero-order valence-electron chi connectivity index (χ0n) is 15.3. The lowest BCUT2D eigenvalue weighted by Gasteiger charge is -2.27. The van der Waals surface area contributed by atoms with Gasteiger partial charge in [0.25, 0.3) is 0 Å². The summed E-state index contributed by atoms with van der Waals surface area (Å²) in [7, 11) is 0. The van der Waals surface area contributed by atoms with Crippen molar-refractivity contribution < 1.29 is 0 Å². The SMILES string of the molecule is Cc1ccccc1Nc1nc(Nc2ccccc2)nc(N2CCNCC2)n1. The van der Waals surface area contributed by atoms with Crippen LogP contribution < -0.4 is 20.9 Å². The molecule has 0 bridgehead atoms. The Morgan fingerprint density at radius 2 is 1.48 bits per heavy atom. The van der Waals surface area contributed by atoms with Crippen LogP contribution in [0.15, 0.2) is 54.6 Å². The minimum atomic E-state index is 0.529. The summed E-state index contributed by atoms with van der Waals surface area (Å²) < 4.78 is 0. The zero-order valence-corrected chi connectivity index (χ0v) is 15.3. The monoisotopic (exact) mass is 361 g/mol. The number of hydrogen-bond donors (Lipinski definition) is 3. The molecule has 0 amide bonds. The second-order valence-electron chi connectivity index (χ2n) is 6.45. The maximum atomic E-state index is 4.66. The fourth-order valence-corrected chi connectivity index (χ4v) is 2.97. The van der Waals surface area contributed by atoms with E-state index in [0.717, 1.165) is 43.1 Å². The molecule has 0 spiro atoms. The van der Waals surface area contributed by atoms with E-state index in [1.54, 1.807) is 0 Å². The molecule has 1 aromatic heterocycles. The van der Waals surface area contributed by atoms with Crippen molar-refractivity contribution in [1.29, 1.82) is 0 Å². The number of aryl methyl sites for hydroxylation is 1. The summed E-state index contributed by atoms with van der Waals surface area (Å²) in [6, 6.07) is 18.0.